The van der Waals surface area contributed by atoms with Gasteiger partial charge in [0.25, 0.3) is 5.56 Å². The molecule has 0 atom stereocenters. The van der Waals surface area contributed by atoms with Gasteiger partial charge in [0, 0.05) is 20.4 Å². The Labute approximate surface area is 156 Å². The number of benzene rings is 2. The highest BCUT2D eigenvalue weighted by atomic mass is 79.9. The van der Waals surface area contributed by atoms with Crippen LogP contribution < -0.4 is 5.56 Å². The van der Waals surface area contributed by atoms with Crippen LogP contribution in [0.1, 0.15) is 11.4 Å². The molecule has 0 bridgehead atoms. The molecule has 0 aliphatic rings. The minimum absolute atomic E-state index is 0.236. The highest BCUT2D eigenvalue weighted by Gasteiger charge is 2.13. The Hall–Kier alpha value is -2.44. The van der Waals surface area contributed by atoms with E-state index >= 15 is 0 Å². The second-order valence-electron chi connectivity index (χ2n) is 5.61. The van der Waals surface area contributed by atoms with Crippen molar-refractivity contribution in [3.63, 3.8) is 0 Å². The molecule has 0 aliphatic heterocycles. The molecule has 1 N–H and O–H groups in total. The van der Waals surface area contributed by atoms with Crippen molar-refractivity contribution in [1.29, 1.82) is 0 Å². The van der Waals surface area contributed by atoms with Crippen molar-refractivity contribution in [2.75, 3.05) is 0 Å². The van der Waals surface area contributed by atoms with Gasteiger partial charge >= 0.3 is 0 Å². The van der Waals surface area contributed by atoms with Gasteiger partial charge in [0.05, 0.1) is 6.21 Å². The number of nitrogens with zero attached hydrogens (tertiary/aromatic N) is 3. The van der Waals surface area contributed by atoms with Crippen LogP contribution >= 0.6 is 27.5 Å². The molecule has 2 aromatic heterocycles. The van der Waals surface area contributed by atoms with Crippen LogP contribution in [-0.2, 0) is 0 Å². The van der Waals surface area contributed by atoms with E-state index in [4.69, 9.17) is 11.6 Å². The van der Waals surface area contributed by atoms with Crippen LogP contribution in [0.15, 0.2) is 56.8 Å². The molecule has 5 nitrogen and oxygen atoms in total. The first-order valence-corrected chi connectivity index (χ1v) is 8.70. The zero-order valence-electron chi connectivity index (χ0n) is 13.1. The smallest absolute Gasteiger partial charge is 0.298 e. The Morgan fingerprint density at radius 2 is 2.00 bits per heavy atom. The minimum atomic E-state index is -0.236. The van der Waals surface area contributed by atoms with Crippen molar-refractivity contribution >= 4 is 55.7 Å². The Kier molecular flexibility index (Phi) is 3.94. The standard InChI is InChI=1S/C18H12BrClN4O/c1-10-22-16-14-8-12(19)4-7-15(14)23-17(16)18(25)24(10)21-9-11-2-5-13(20)6-3-11/h2-9,23H,1H3/b21-9-. The minimum Gasteiger partial charge on any atom is -0.349 e. The van der Waals surface area contributed by atoms with Gasteiger partial charge in [-0.2, -0.15) is 9.78 Å². The summed E-state index contributed by atoms with van der Waals surface area (Å²) in [4.78, 5) is 20.5. The van der Waals surface area contributed by atoms with Crippen LogP contribution in [0.5, 0.6) is 0 Å². The van der Waals surface area contributed by atoms with Crippen molar-refractivity contribution < 1.29 is 0 Å². The molecule has 2 aromatic carbocycles. The molecule has 4 aromatic rings. The summed E-state index contributed by atoms with van der Waals surface area (Å²) in [5.41, 5.74) is 2.56. The number of nitrogens with one attached hydrogen (secondary N) is 1. The van der Waals surface area contributed by atoms with Crippen LogP contribution in [0, 0.1) is 6.92 Å². The summed E-state index contributed by atoms with van der Waals surface area (Å²) >= 11 is 9.33. The van der Waals surface area contributed by atoms with Crippen LogP contribution in [0.25, 0.3) is 21.9 Å². The zero-order chi connectivity index (χ0) is 17.6. The number of aryl methyl sites for hydroxylation is 1. The van der Waals surface area contributed by atoms with E-state index in [0.29, 0.717) is 21.9 Å². The normalized spacial score (nSPS) is 11.8. The lowest BCUT2D eigenvalue weighted by atomic mass is 10.2. The van der Waals surface area contributed by atoms with Gasteiger partial charge in [-0.05, 0) is 42.8 Å². The number of halogens is 2. The van der Waals surface area contributed by atoms with Crippen molar-refractivity contribution in [3.05, 3.63) is 73.7 Å². The number of hydrogen-bond acceptors (Lipinski definition) is 3. The third-order valence-electron chi connectivity index (χ3n) is 3.91. The van der Waals surface area contributed by atoms with E-state index in [1.165, 1.54) is 4.68 Å². The van der Waals surface area contributed by atoms with Gasteiger partial charge in [0.1, 0.15) is 16.9 Å². The lowest BCUT2D eigenvalue weighted by Crippen LogP contribution is -2.20. The lowest BCUT2D eigenvalue weighted by molar-refractivity contribution is 0.770. The van der Waals surface area contributed by atoms with Crippen molar-refractivity contribution in [3.8, 4) is 0 Å². The second kappa shape index (κ2) is 6.13. The summed E-state index contributed by atoms with van der Waals surface area (Å²) in [6, 6.07) is 13.0. The first-order valence-electron chi connectivity index (χ1n) is 7.53. The second-order valence-corrected chi connectivity index (χ2v) is 6.96. The van der Waals surface area contributed by atoms with Gasteiger partial charge in [-0.25, -0.2) is 4.98 Å². The molecule has 2 heterocycles. The summed E-state index contributed by atoms with van der Waals surface area (Å²) in [6.07, 6.45) is 1.61. The van der Waals surface area contributed by atoms with E-state index in [2.05, 4.69) is 31.0 Å². The van der Waals surface area contributed by atoms with Gasteiger partial charge in [-0.3, -0.25) is 4.79 Å². The van der Waals surface area contributed by atoms with Gasteiger partial charge in [0.15, 0.2) is 0 Å². The van der Waals surface area contributed by atoms with Crippen molar-refractivity contribution in [1.82, 2.24) is 14.6 Å². The van der Waals surface area contributed by atoms with Gasteiger partial charge in [-0.15, -0.1) is 0 Å². The SMILES string of the molecule is Cc1nc2c([nH]c3ccc(Br)cc32)c(=O)n1/N=C\c1ccc(Cl)cc1. The predicted molar refractivity (Wildman–Crippen MR) is 105 cm³/mol. The van der Waals surface area contributed by atoms with Crippen molar-refractivity contribution in [2.24, 2.45) is 5.10 Å². The fraction of sp³-hybridized carbons (Fsp3) is 0.0556. The monoisotopic (exact) mass is 414 g/mol. The maximum atomic E-state index is 12.8. The van der Waals surface area contributed by atoms with Gasteiger partial charge in [0.2, 0.25) is 0 Å². The Morgan fingerprint density at radius 1 is 1.24 bits per heavy atom. The molecule has 4 rings (SSSR count). The number of aromatic amines is 1. The molecule has 124 valence electrons. The number of aromatic nitrogens is 3. The van der Waals surface area contributed by atoms with E-state index in [9.17, 15) is 4.79 Å². The Balaban J connectivity index is 1.88. The summed E-state index contributed by atoms with van der Waals surface area (Å²) in [6.45, 7) is 1.76. The van der Waals surface area contributed by atoms with Crippen LogP contribution in [0.4, 0.5) is 0 Å². The molecule has 7 heteroatoms. The highest BCUT2D eigenvalue weighted by molar-refractivity contribution is 9.10. The van der Waals surface area contributed by atoms with E-state index < -0.39 is 0 Å². The van der Waals surface area contributed by atoms with Crippen molar-refractivity contribution in [2.45, 2.75) is 6.92 Å². The van der Waals surface area contributed by atoms with Gasteiger partial charge < -0.3 is 4.98 Å². The summed E-state index contributed by atoms with van der Waals surface area (Å²) in [5.74, 6) is 0.517. The summed E-state index contributed by atoms with van der Waals surface area (Å²) < 4.78 is 2.23. The molecule has 0 saturated heterocycles. The number of fused-ring (bicyclic) bond motifs is 3. The lowest BCUT2D eigenvalue weighted by Gasteiger charge is -2.03. The number of H-pyrrole nitrogens is 1. The number of hydrogen-bond donors (Lipinski definition) is 1. The first-order chi connectivity index (χ1) is 12.0. The molecule has 0 amide bonds. The van der Waals surface area contributed by atoms with Crippen LogP contribution in [0.2, 0.25) is 5.02 Å². The largest absolute Gasteiger partial charge is 0.349 e. The first kappa shape index (κ1) is 16.1. The Bertz CT molecular complexity index is 1190. The summed E-state index contributed by atoms with van der Waals surface area (Å²) in [5, 5.41) is 5.84. The maximum absolute atomic E-state index is 12.8. The average Bonchev–Trinajstić information content (AvgIpc) is 2.94. The molecular weight excluding hydrogens is 404 g/mol. The van der Waals surface area contributed by atoms with E-state index in [1.807, 2.05) is 30.3 Å². The highest BCUT2D eigenvalue weighted by Crippen LogP contribution is 2.25. The fourth-order valence-corrected chi connectivity index (χ4v) is 3.18. The van der Waals surface area contributed by atoms with E-state index in [-0.39, 0.29) is 5.56 Å². The molecule has 0 unspecified atom stereocenters. The summed E-state index contributed by atoms with van der Waals surface area (Å²) in [7, 11) is 0. The molecule has 0 spiro atoms. The average molecular weight is 416 g/mol. The van der Waals surface area contributed by atoms with E-state index in [1.54, 1.807) is 25.3 Å². The number of rotatable bonds is 2. The van der Waals surface area contributed by atoms with Gasteiger partial charge in [-0.1, -0.05) is 39.7 Å². The molecular formula is C18H12BrClN4O. The quantitative estimate of drug-likeness (QED) is 0.491. The fourth-order valence-electron chi connectivity index (χ4n) is 2.69. The van der Waals surface area contributed by atoms with Crippen LogP contribution in [-0.4, -0.2) is 20.9 Å². The Morgan fingerprint density at radius 3 is 2.76 bits per heavy atom. The maximum Gasteiger partial charge on any atom is 0.298 e. The van der Waals surface area contributed by atoms with Crippen LogP contribution in [0.3, 0.4) is 0 Å². The molecule has 0 saturated carbocycles. The molecule has 25 heavy (non-hydrogen) atoms. The molecule has 0 fully saturated rings. The third-order valence-corrected chi connectivity index (χ3v) is 4.66. The topological polar surface area (TPSA) is 63.0 Å². The molecule has 0 aliphatic carbocycles. The van der Waals surface area contributed by atoms with E-state index in [0.717, 1.165) is 20.9 Å². The predicted octanol–water partition coefficient (Wildman–Crippen LogP) is 4.48. The molecule has 0 radical (unpaired) electrons. The third kappa shape index (κ3) is 2.88. The zero-order valence-corrected chi connectivity index (χ0v) is 15.5.